The van der Waals surface area contributed by atoms with Crippen LogP contribution in [0.5, 0.6) is 0 Å². The molecule has 0 aliphatic carbocycles. The molecular weight excluding hydrogens is 238 g/mol. The van der Waals surface area contributed by atoms with Gasteiger partial charge in [0.05, 0.1) is 5.52 Å². The van der Waals surface area contributed by atoms with Gasteiger partial charge in [-0.3, -0.25) is 9.78 Å². The molecule has 19 heavy (non-hydrogen) atoms. The molecular formula is C15H13N3O. The molecule has 1 aromatic carbocycles. The van der Waals surface area contributed by atoms with E-state index in [-0.39, 0.29) is 5.78 Å². The lowest BCUT2D eigenvalue weighted by atomic mass is 10.0. The Hall–Kier alpha value is -2.49. The zero-order valence-electron chi connectivity index (χ0n) is 10.6. The topological polar surface area (TPSA) is 47.8 Å². The van der Waals surface area contributed by atoms with E-state index in [4.69, 9.17) is 0 Å². The lowest BCUT2D eigenvalue weighted by molar-refractivity contribution is 0.0980. The van der Waals surface area contributed by atoms with Gasteiger partial charge in [0.2, 0.25) is 5.78 Å². The van der Waals surface area contributed by atoms with Gasteiger partial charge in [-0.25, -0.2) is 4.98 Å². The normalized spacial score (nSPS) is 10.8. The molecule has 0 amide bonds. The Bertz CT molecular complexity index is 740. The second-order valence-corrected chi connectivity index (χ2v) is 4.45. The van der Waals surface area contributed by atoms with E-state index < -0.39 is 0 Å². The standard InChI is InChI=1S/C15H13N3O/c1-18-9-8-17-15(18)14(19)10-11-6-7-16-13-5-3-2-4-12(11)13/h2-9H,10H2,1H3. The van der Waals surface area contributed by atoms with Crippen molar-refractivity contribution in [1.82, 2.24) is 14.5 Å². The highest BCUT2D eigenvalue weighted by atomic mass is 16.1. The van der Waals surface area contributed by atoms with Crippen molar-refractivity contribution >= 4 is 16.7 Å². The van der Waals surface area contributed by atoms with Crippen LogP contribution >= 0.6 is 0 Å². The van der Waals surface area contributed by atoms with Crippen molar-refractivity contribution in [2.45, 2.75) is 6.42 Å². The summed E-state index contributed by atoms with van der Waals surface area (Å²) in [4.78, 5) is 20.6. The minimum absolute atomic E-state index is 0.0175. The van der Waals surface area contributed by atoms with Crippen LogP contribution < -0.4 is 0 Å². The number of aryl methyl sites for hydroxylation is 1. The maximum absolute atomic E-state index is 12.2. The monoisotopic (exact) mass is 251 g/mol. The lowest BCUT2D eigenvalue weighted by Gasteiger charge is -2.05. The van der Waals surface area contributed by atoms with Gasteiger partial charge in [0.1, 0.15) is 0 Å². The summed E-state index contributed by atoms with van der Waals surface area (Å²) in [7, 11) is 1.82. The van der Waals surface area contributed by atoms with Crippen molar-refractivity contribution in [2.24, 2.45) is 7.05 Å². The Morgan fingerprint density at radius 3 is 2.79 bits per heavy atom. The van der Waals surface area contributed by atoms with Crippen molar-refractivity contribution in [3.8, 4) is 0 Å². The van der Waals surface area contributed by atoms with E-state index in [0.717, 1.165) is 16.5 Å². The van der Waals surface area contributed by atoms with Crippen molar-refractivity contribution < 1.29 is 4.79 Å². The molecule has 2 aromatic heterocycles. The van der Waals surface area contributed by atoms with Crippen molar-refractivity contribution in [3.05, 3.63) is 60.3 Å². The smallest absolute Gasteiger partial charge is 0.202 e. The Morgan fingerprint density at radius 2 is 2.00 bits per heavy atom. The highest BCUT2D eigenvalue weighted by molar-refractivity contribution is 5.97. The van der Waals surface area contributed by atoms with Gasteiger partial charge < -0.3 is 4.57 Å². The van der Waals surface area contributed by atoms with Gasteiger partial charge in [0.15, 0.2) is 5.82 Å². The van der Waals surface area contributed by atoms with Gasteiger partial charge in [0, 0.05) is 37.4 Å². The van der Waals surface area contributed by atoms with E-state index in [9.17, 15) is 4.79 Å². The average Bonchev–Trinajstić information content (AvgIpc) is 2.85. The van der Waals surface area contributed by atoms with Crippen LogP contribution in [-0.4, -0.2) is 20.3 Å². The molecule has 0 bridgehead atoms. The largest absolute Gasteiger partial charge is 0.332 e. The van der Waals surface area contributed by atoms with Crippen molar-refractivity contribution in [3.63, 3.8) is 0 Å². The molecule has 0 atom stereocenters. The predicted molar refractivity (Wildman–Crippen MR) is 73.0 cm³/mol. The number of hydrogen-bond donors (Lipinski definition) is 0. The molecule has 0 aliphatic rings. The second kappa shape index (κ2) is 4.65. The SMILES string of the molecule is Cn1ccnc1C(=O)Cc1ccnc2ccccc12. The molecule has 0 radical (unpaired) electrons. The Balaban J connectivity index is 1.98. The minimum Gasteiger partial charge on any atom is -0.332 e. The van der Waals surface area contributed by atoms with Crippen LogP contribution in [0, 0.1) is 0 Å². The van der Waals surface area contributed by atoms with Gasteiger partial charge in [0.25, 0.3) is 0 Å². The second-order valence-electron chi connectivity index (χ2n) is 4.45. The molecule has 2 heterocycles. The fourth-order valence-corrected chi connectivity index (χ4v) is 2.20. The van der Waals surface area contributed by atoms with Crippen LogP contribution in [0.15, 0.2) is 48.9 Å². The molecule has 0 N–H and O–H groups in total. The van der Waals surface area contributed by atoms with Crippen molar-refractivity contribution in [2.75, 3.05) is 0 Å². The number of benzene rings is 1. The Labute approximate surface area is 110 Å². The van der Waals surface area contributed by atoms with Gasteiger partial charge in [-0.05, 0) is 17.7 Å². The molecule has 4 nitrogen and oxygen atoms in total. The quantitative estimate of drug-likeness (QED) is 0.671. The van der Waals surface area contributed by atoms with E-state index in [1.165, 1.54) is 0 Å². The molecule has 0 saturated heterocycles. The fraction of sp³-hybridized carbons (Fsp3) is 0.133. The maximum Gasteiger partial charge on any atom is 0.202 e. The maximum atomic E-state index is 12.2. The highest BCUT2D eigenvalue weighted by Crippen LogP contribution is 2.17. The number of aromatic nitrogens is 3. The first kappa shape index (κ1) is 11.6. The van der Waals surface area contributed by atoms with Crippen LogP contribution in [0.2, 0.25) is 0 Å². The van der Waals surface area contributed by atoms with Gasteiger partial charge in [-0.1, -0.05) is 18.2 Å². The molecule has 0 fully saturated rings. The van der Waals surface area contributed by atoms with E-state index in [1.54, 1.807) is 23.2 Å². The lowest BCUT2D eigenvalue weighted by Crippen LogP contribution is -2.10. The van der Waals surface area contributed by atoms with Gasteiger partial charge in [-0.15, -0.1) is 0 Å². The first-order valence-corrected chi connectivity index (χ1v) is 6.09. The summed E-state index contributed by atoms with van der Waals surface area (Å²) in [5, 5.41) is 1.02. The molecule has 0 aliphatic heterocycles. The summed E-state index contributed by atoms with van der Waals surface area (Å²) >= 11 is 0. The summed E-state index contributed by atoms with van der Waals surface area (Å²) in [5.74, 6) is 0.504. The average molecular weight is 251 g/mol. The first-order chi connectivity index (χ1) is 9.25. The van der Waals surface area contributed by atoms with Crippen LogP contribution in [0.25, 0.3) is 10.9 Å². The van der Waals surface area contributed by atoms with Gasteiger partial charge >= 0.3 is 0 Å². The molecule has 0 spiro atoms. The summed E-state index contributed by atoms with van der Waals surface area (Å²) in [6.45, 7) is 0. The van der Waals surface area contributed by atoms with Crippen LogP contribution in [0.1, 0.15) is 16.2 Å². The first-order valence-electron chi connectivity index (χ1n) is 6.09. The third-order valence-electron chi connectivity index (χ3n) is 3.16. The molecule has 3 rings (SSSR count). The summed E-state index contributed by atoms with van der Waals surface area (Å²) in [6, 6.07) is 9.73. The Morgan fingerprint density at radius 1 is 1.16 bits per heavy atom. The highest BCUT2D eigenvalue weighted by Gasteiger charge is 2.13. The zero-order chi connectivity index (χ0) is 13.2. The van der Waals surface area contributed by atoms with Crippen LogP contribution in [-0.2, 0) is 13.5 Å². The third kappa shape index (κ3) is 2.12. The number of pyridine rings is 1. The number of nitrogens with zero attached hydrogens (tertiary/aromatic N) is 3. The number of carbonyl (C=O) groups is 1. The van der Waals surface area contributed by atoms with Crippen molar-refractivity contribution in [1.29, 1.82) is 0 Å². The molecule has 4 heteroatoms. The molecule has 0 saturated carbocycles. The number of hydrogen-bond acceptors (Lipinski definition) is 3. The number of Topliss-reactive ketones (excluding diaryl/α,β-unsaturated/α-hetero) is 1. The van der Waals surface area contributed by atoms with E-state index in [0.29, 0.717) is 12.2 Å². The number of para-hydroxylation sites is 1. The van der Waals surface area contributed by atoms with Crippen LogP contribution in [0.4, 0.5) is 0 Å². The number of imidazole rings is 1. The number of fused-ring (bicyclic) bond motifs is 1. The number of rotatable bonds is 3. The van der Waals surface area contributed by atoms with Gasteiger partial charge in [-0.2, -0.15) is 0 Å². The summed E-state index contributed by atoms with van der Waals surface area (Å²) in [6.07, 6.45) is 5.49. The van der Waals surface area contributed by atoms with Crippen LogP contribution in [0.3, 0.4) is 0 Å². The predicted octanol–water partition coefficient (Wildman–Crippen LogP) is 2.39. The van der Waals surface area contributed by atoms with E-state index >= 15 is 0 Å². The fourth-order valence-electron chi connectivity index (χ4n) is 2.20. The van der Waals surface area contributed by atoms with E-state index in [1.807, 2.05) is 37.4 Å². The molecule has 94 valence electrons. The third-order valence-corrected chi connectivity index (χ3v) is 3.16. The zero-order valence-corrected chi connectivity index (χ0v) is 10.6. The summed E-state index contributed by atoms with van der Waals surface area (Å²) in [5.41, 5.74) is 1.89. The molecule has 0 unspecified atom stereocenters. The Kier molecular flexibility index (Phi) is 2.83. The number of carbonyl (C=O) groups excluding carboxylic acids is 1. The number of ketones is 1. The summed E-state index contributed by atoms with van der Waals surface area (Å²) < 4.78 is 1.74. The van der Waals surface area contributed by atoms with E-state index in [2.05, 4.69) is 9.97 Å². The minimum atomic E-state index is 0.0175. The molecule has 3 aromatic rings.